The standard InChI is InChI=1S/C13H18N4O3/c1-20-11-4-2-10(3-5-11)16-6-8-17(9-7-16)13(19)12(18)15-14/h2-5H,6-9,14H2,1H3,(H,15,18). The Labute approximate surface area is 117 Å². The van der Waals surface area contributed by atoms with Crippen LogP contribution in [0.4, 0.5) is 5.69 Å². The minimum atomic E-state index is -0.775. The number of methoxy groups -OCH3 is 1. The molecule has 0 saturated carbocycles. The van der Waals surface area contributed by atoms with Crippen molar-refractivity contribution < 1.29 is 14.3 Å². The van der Waals surface area contributed by atoms with E-state index in [0.29, 0.717) is 26.2 Å². The number of anilines is 1. The van der Waals surface area contributed by atoms with Gasteiger partial charge in [-0.1, -0.05) is 0 Å². The fourth-order valence-corrected chi connectivity index (χ4v) is 2.17. The summed E-state index contributed by atoms with van der Waals surface area (Å²) < 4.78 is 5.12. The van der Waals surface area contributed by atoms with Crippen molar-refractivity contribution in [1.82, 2.24) is 10.3 Å². The van der Waals surface area contributed by atoms with Crippen molar-refractivity contribution in [2.24, 2.45) is 5.84 Å². The van der Waals surface area contributed by atoms with Gasteiger partial charge in [0.25, 0.3) is 0 Å². The number of nitrogens with two attached hydrogens (primary N) is 1. The number of carbonyl (C=O) groups excluding carboxylic acids is 2. The molecule has 1 aliphatic heterocycles. The highest BCUT2D eigenvalue weighted by atomic mass is 16.5. The minimum absolute atomic E-state index is 0.498. The minimum Gasteiger partial charge on any atom is -0.497 e. The first kappa shape index (κ1) is 14.1. The molecule has 0 aromatic heterocycles. The Balaban J connectivity index is 1.93. The fraction of sp³-hybridized carbons (Fsp3) is 0.385. The molecule has 0 spiro atoms. The van der Waals surface area contributed by atoms with E-state index >= 15 is 0 Å². The first-order chi connectivity index (χ1) is 9.65. The van der Waals surface area contributed by atoms with Crippen LogP contribution in [0.25, 0.3) is 0 Å². The third-order valence-electron chi connectivity index (χ3n) is 3.33. The summed E-state index contributed by atoms with van der Waals surface area (Å²) in [5.41, 5.74) is 2.93. The average Bonchev–Trinajstić information content (AvgIpc) is 2.53. The number of piperazine rings is 1. The molecule has 0 unspecified atom stereocenters. The molecule has 108 valence electrons. The highest BCUT2D eigenvalue weighted by molar-refractivity contribution is 6.34. The molecule has 1 aromatic carbocycles. The lowest BCUT2D eigenvalue weighted by Gasteiger charge is -2.35. The second-order valence-electron chi connectivity index (χ2n) is 4.45. The molecule has 1 aliphatic rings. The van der Waals surface area contributed by atoms with Crippen molar-refractivity contribution in [3.05, 3.63) is 24.3 Å². The number of benzene rings is 1. The van der Waals surface area contributed by atoms with Gasteiger partial charge in [-0.05, 0) is 24.3 Å². The van der Waals surface area contributed by atoms with Crippen LogP contribution in [-0.2, 0) is 9.59 Å². The predicted molar refractivity (Wildman–Crippen MR) is 74.1 cm³/mol. The number of ether oxygens (including phenoxy) is 1. The third-order valence-corrected chi connectivity index (χ3v) is 3.33. The van der Waals surface area contributed by atoms with Crippen LogP contribution < -0.4 is 20.9 Å². The van der Waals surface area contributed by atoms with Crippen LogP contribution in [0.15, 0.2) is 24.3 Å². The average molecular weight is 278 g/mol. The lowest BCUT2D eigenvalue weighted by molar-refractivity contribution is -0.146. The van der Waals surface area contributed by atoms with Crippen molar-refractivity contribution in [3.63, 3.8) is 0 Å². The number of nitrogens with zero attached hydrogens (tertiary/aromatic N) is 2. The molecule has 0 radical (unpaired) electrons. The van der Waals surface area contributed by atoms with Gasteiger partial charge < -0.3 is 14.5 Å². The zero-order valence-electron chi connectivity index (χ0n) is 11.3. The zero-order chi connectivity index (χ0) is 14.5. The van der Waals surface area contributed by atoms with E-state index in [1.807, 2.05) is 29.7 Å². The van der Waals surface area contributed by atoms with Gasteiger partial charge >= 0.3 is 11.8 Å². The molecule has 7 nitrogen and oxygen atoms in total. The number of hydrazine groups is 1. The SMILES string of the molecule is COc1ccc(N2CCN(C(=O)C(=O)NN)CC2)cc1. The summed E-state index contributed by atoms with van der Waals surface area (Å²) in [5, 5.41) is 0. The number of carbonyl (C=O) groups is 2. The Bertz CT molecular complexity index is 481. The summed E-state index contributed by atoms with van der Waals surface area (Å²) in [4.78, 5) is 26.5. The van der Waals surface area contributed by atoms with E-state index in [-0.39, 0.29) is 0 Å². The third kappa shape index (κ3) is 3.00. The second-order valence-corrected chi connectivity index (χ2v) is 4.45. The maximum Gasteiger partial charge on any atom is 0.323 e. The molecule has 0 atom stereocenters. The molecule has 1 fully saturated rings. The smallest absolute Gasteiger partial charge is 0.323 e. The Kier molecular flexibility index (Phi) is 4.41. The zero-order valence-corrected chi connectivity index (χ0v) is 11.3. The maximum atomic E-state index is 11.7. The Morgan fingerprint density at radius 2 is 1.75 bits per heavy atom. The molecule has 20 heavy (non-hydrogen) atoms. The molecule has 2 rings (SSSR count). The van der Waals surface area contributed by atoms with Gasteiger partial charge in [-0.2, -0.15) is 0 Å². The summed E-state index contributed by atoms with van der Waals surface area (Å²) in [5.74, 6) is 4.41. The van der Waals surface area contributed by atoms with Gasteiger partial charge in [-0.3, -0.25) is 15.0 Å². The molecule has 1 saturated heterocycles. The maximum absolute atomic E-state index is 11.7. The van der Waals surface area contributed by atoms with Crippen LogP contribution in [0.1, 0.15) is 0 Å². The van der Waals surface area contributed by atoms with Crippen LogP contribution in [0.2, 0.25) is 0 Å². The van der Waals surface area contributed by atoms with E-state index in [4.69, 9.17) is 10.6 Å². The van der Waals surface area contributed by atoms with E-state index in [0.717, 1.165) is 11.4 Å². The van der Waals surface area contributed by atoms with E-state index < -0.39 is 11.8 Å². The highest BCUT2D eigenvalue weighted by Crippen LogP contribution is 2.20. The topological polar surface area (TPSA) is 87.9 Å². The Morgan fingerprint density at radius 1 is 1.15 bits per heavy atom. The number of rotatable bonds is 2. The summed E-state index contributed by atoms with van der Waals surface area (Å²) in [7, 11) is 1.63. The van der Waals surface area contributed by atoms with Crippen LogP contribution in [0.3, 0.4) is 0 Å². The van der Waals surface area contributed by atoms with Crippen LogP contribution in [-0.4, -0.2) is 50.0 Å². The number of hydrogen-bond donors (Lipinski definition) is 2. The molecule has 1 heterocycles. The van der Waals surface area contributed by atoms with Gasteiger partial charge in [0.15, 0.2) is 0 Å². The molecule has 1 aromatic rings. The fourth-order valence-electron chi connectivity index (χ4n) is 2.17. The van der Waals surface area contributed by atoms with Crippen LogP contribution in [0, 0.1) is 0 Å². The summed E-state index contributed by atoms with van der Waals surface area (Å²) in [6.45, 7) is 2.35. The Morgan fingerprint density at radius 3 is 2.25 bits per heavy atom. The predicted octanol–water partition coefficient (Wildman–Crippen LogP) is -0.666. The second kappa shape index (κ2) is 6.25. The van der Waals surface area contributed by atoms with Gasteiger partial charge in [0, 0.05) is 31.9 Å². The van der Waals surface area contributed by atoms with Crippen molar-refractivity contribution >= 4 is 17.5 Å². The van der Waals surface area contributed by atoms with E-state index in [9.17, 15) is 9.59 Å². The summed E-state index contributed by atoms with van der Waals surface area (Å²) in [6, 6.07) is 7.75. The van der Waals surface area contributed by atoms with Crippen molar-refractivity contribution in [2.45, 2.75) is 0 Å². The van der Waals surface area contributed by atoms with E-state index in [2.05, 4.69) is 4.90 Å². The van der Waals surface area contributed by atoms with Gasteiger partial charge in [0.1, 0.15) is 5.75 Å². The lowest BCUT2D eigenvalue weighted by atomic mass is 10.2. The Hall–Kier alpha value is -2.28. The van der Waals surface area contributed by atoms with Crippen molar-refractivity contribution in [3.8, 4) is 5.75 Å². The molecular formula is C13H18N4O3. The number of nitrogens with one attached hydrogen (secondary N) is 1. The highest BCUT2D eigenvalue weighted by Gasteiger charge is 2.25. The van der Waals surface area contributed by atoms with Gasteiger partial charge in [0.05, 0.1) is 7.11 Å². The molecule has 7 heteroatoms. The van der Waals surface area contributed by atoms with E-state index in [1.54, 1.807) is 7.11 Å². The first-order valence-electron chi connectivity index (χ1n) is 6.34. The molecule has 0 aliphatic carbocycles. The monoisotopic (exact) mass is 278 g/mol. The molecular weight excluding hydrogens is 260 g/mol. The summed E-state index contributed by atoms with van der Waals surface area (Å²) >= 11 is 0. The molecule has 2 amide bonds. The van der Waals surface area contributed by atoms with Crippen LogP contribution in [0.5, 0.6) is 5.75 Å². The van der Waals surface area contributed by atoms with Crippen molar-refractivity contribution in [1.29, 1.82) is 0 Å². The number of hydrogen-bond acceptors (Lipinski definition) is 5. The number of amides is 2. The van der Waals surface area contributed by atoms with Crippen molar-refractivity contribution in [2.75, 3.05) is 38.2 Å². The van der Waals surface area contributed by atoms with E-state index in [1.165, 1.54) is 4.90 Å². The van der Waals surface area contributed by atoms with Gasteiger partial charge in [0.2, 0.25) is 0 Å². The van der Waals surface area contributed by atoms with Gasteiger partial charge in [-0.15, -0.1) is 0 Å². The lowest BCUT2D eigenvalue weighted by Crippen LogP contribution is -2.53. The molecule has 3 N–H and O–H groups in total. The largest absolute Gasteiger partial charge is 0.497 e. The quantitative estimate of drug-likeness (QED) is 0.324. The first-order valence-corrected chi connectivity index (χ1v) is 6.34. The summed E-state index contributed by atoms with van der Waals surface area (Å²) in [6.07, 6.45) is 0. The van der Waals surface area contributed by atoms with Gasteiger partial charge in [-0.25, -0.2) is 5.84 Å². The molecule has 0 bridgehead atoms. The normalized spacial score (nSPS) is 14.9. The van der Waals surface area contributed by atoms with Crippen LogP contribution >= 0.6 is 0 Å².